The van der Waals surface area contributed by atoms with Crippen LogP contribution >= 0.6 is 127 Å². The predicted molar refractivity (Wildman–Crippen MR) is 172 cm³/mol. The summed E-state index contributed by atoms with van der Waals surface area (Å²) >= 11 is 30.0. The van der Waals surface area contributed by atoms with E-state index < -0.39 is 8.07 Å². The molecule has 9 heteroatoms. The molecule has 0 N–H and O–H groups in total. The molecule has 0 nitrogen and oxygen atoms in total. The molecule has 0 amide bonds. The second kappa shape index (κ2) is 11.1. The van der Waals surface area contributed by atoms with Crippen LogP contribution in [-0.4, -0.2) is 8.07 Å². The van der Waals surface area contributed by atoms with Crippen molar-refractivity contribution in [3.8, 4) is 0 Å². The van der Waals surface area contributed by atoms with Gasteiger partial charge in [0.25, 0.3) is 0 Å². The summed E-state index contributed by atoms with van der Waals surface area (Å²) in [6, 6.07) is 26.3. The Labute approximate surface area is 261 Å². The van der Waals surface area contributed by atoms with Crippen molar-refractivity contribution in [1.29, 1.82) is 0 Å². The van der Waals surface area contributed by atoms with Crippen molar-refractivity contribution in [3.05, 3.63) is 109 Å². The molecule has 0 aliphatic carbocycles. The van der Waals surface area contributed by atoms with Gasteiger partial charge in [-0.05, 0) is 93.5 Å². The fourth-order valence-electron chi connectivity index (χ4n) is 4.08. The van der Waals surface area contributed by atoms with Gasteiger partial charge in [-0.3, -0.25) is 0 Å². The van der Waals surface area contributed by atoms with Crippen LogP contribution in [0.3, 0.4) is 0 Å². The average Bonchev–Trinajstić information content (AvgIpc) is 2.65. The molecule has 0 heterocycles. The SMILES string of the molecule is Brc1cc(Br)cc([Si](c2cc(Br)cc(Br)c2)(c2cc(Br)cc(Br)c2)c2cc(Br)cc(Br)c2)c1. The third-order valence-electron chi connectivity index (χ3n) is 5.18. The van der Waals surface area contributed by atoms with Gasteiger partial charge in [-0.1, -0.05) is 127 Å². The number of halogens is 8. The molecule has 4 rings (SSSR count). The van der Waals surface area contributed by atoms with E-state index in [1.807, 2.05) is 0 Å². The number of hydrogen-bond donors (Lipinski definition) is 0. The van der Waals surface area contributed by atoms with Crippen molar-refractivity contribution >= 4 is 156 Å². The Balaban J connectivity index is 2.28. The van der Waals surface area contributed by atoms with Crippen LogP contribution in [0.15, 0.2) is 109 Å². The Kier molecular flexibility index (Phi) is 9.10. The predicted octanol–water partition coefficient (Wildman–Crippen LogP) is 9.16. The van der Waals surface area contributed by atoms with Gasteiger partial charge >= 0.3 is 0 Å². The standard InChI is InChI=1S/C24H12Br8Si/c25-13-1-14(26)6-21(5-13)33(22-7-15(27)2-16(28)8-22,23-9-17(29)3-18(30)10-23)24-11-19(31)4-20(32)12-24/h1-12H. The van der Waals surface area contributed by atoms with Crippen LogP contribution in [-0.2, 0) is 0 Å². The number of hydrogen-bond acceptors (Lipinski definition) is 0. The third kappa shape index (κ3) is 5.93. The lowest BCUT2D eigenvalue weighted by atomic mass is 10.3. The first-order chi connectivity index (χ1) is 15.6. The van der Waals surface area contributed by atoms with E-state index in [9.17, 15) is 0 Å². The molecule has 0 aliphatic heterocycles. The van der Waals surface area contributed by atoms with Crippen molar-refractivity contribution in [3.63, 3.8) is 0 Å². The van der Waals surface area contributed by atoms with Crippen LogP contribution in [0, 0.1) is 0 Å². The topological polar surface area (TPSA) is 0 Å². The zero-order chi connectivity index (χ0) is 23.9. The maximum Gasteiger partial charge on any atom is 0.179 e. The van der Waals surface area contributed by atoms with E-state index in [0.29, 0.717) is 0 Å². The molecule has 0 saturated carbocycles. The first-order valence-corrected chi connectivity index (χ1v) is 17.8. The van der Waals surface area contributed by atoms with Gasteiger partial charge in [0.1, 0.15) is 0 Å². The Morgan fingerprint density at radius 2 is 0.424 bits per heavy atom. The summed E-state index contributed by atoms with van der Waals surface area (Å²) < 4.78 is 8.23. The summed E-state index contributed by atoms with van der Waals surface area (Å²) in [4.78, 5) is 0. The first-order valence-electron chi connectivity index (χ1n) is 9.44. The van der Waals surface area contributed by atoms with Crippen LogP contribution in [0.25, 0.3) is 0 Å². The maximum absolute atomic E-state index is 3.75. The molecular weight excluding hydrogens is 956 g/mol. The molecule has 0 aliphatic rings. The molecule has 0 bridgehead atoms. The maximum atomic E-state index is 3.75. The lowest BCUT2D eigenvalue weighted by molar-refractivity contribution is 1.57. The fraction of sp³-hybridized carbons (Fsp3) is 0. The molecule has 33 heavy (non-hydrogen) atoms. The fourth-order valence-corrected chi connectivity index (χ4v) is 15.9. The quantitative estimate of drug-likeness (QED) is 0.142. The lowest BCUT2D eigenvalue weighted by Gasteiger charge is -2.35. The third-order valence-corrected chi connectivity index (χ3v) is 13.5. The van der Waals surface area contributed by atoms with Crippen LogP contribution in [0.4, 0.5) is 0 Å². The summed E-state index contributed by atoms with van der Waals surface area (Å²) in [6.07, 6.45) is 0. The lowest BCUT2D eigenvalue weighted by Crippen LogP contribution is -2.75. The van der Waals surface area contributed by atoms with E-state index in [0.717, 1.165) is 35.8 Å². The van der Waals surface area contributed by atoms with Gasteiger partial charge in [-0.25, -0.2) is 0 Å². The molecule has 0 saturated heterocycles. The molecular formula is C24H12Br8Si. The summed E-state index contributed by atoms with van der Waals surface area (Å²) in [5.41, 5.74) is 0. The normalized spacial score (nSPS) is 11.6. The molecule has 0 unspecified atom stereocenters. The minimum absolute atomic E-state index is 1.03. The van der Waals surface area contributed by atoms with Crippen molar-refractivity contribution < 1.29 is 0 Å². The van der Waals surface area contributed by atoms with Gasteiger partial charge in [0.15, 0.2) is 8.07 Å². The Morgan fingerprint density at radius 3 is 0.576 bits per heavy atom. The second-order valence-electron chi connectivity index (χ2n) is 7.38. The Hall–Kier alpha value is 0.937. The van der Waals surface area contributed by atoms with Crippen LogP contribution in [0.2, 0.25) is 0 Å². The Morgan fingerprint density at radius 1 is 0.273 bits per heavy atom. The first kappa shape index (κ1) is 27.0. The molecule has 0 radical (unpaired) electrons. The molecule has 0 fully saturated rings. The van der Waals surface area contributed by atoms with Crippen LogP contribution < -0.4 is 20.7 Å². The van der Waals surface area contributed by atoms with Crippen molar-refractivity contribution in [2.75, 3.05) is 0 Å². The van der Waals surface area contributed by atoms with Crippen molar-refractivity contribution in [1.82, 2.24) is 0 Å². The molecule has 168 valence electrons. The summed E-state index contributed by atoms with van der Waals surface area (Å²) in [5.74, 6) is 0. The van der Waals surface area contributed by atoms with Crippen LogP contribution in [0.5, 0.6) is 0 Å². The highest BCUT2D eigenvalue weighted by atomic mass is 79.9. The van der Waals surface area contributed by atoms with Gasteiger partial charge in [-0.2, -0.15) is 0 Å². The van der Waals surface area contributed by atoms with Gasteiger partial charge in [0, 0.05) is 35.8 Å². The van der Waals surface area contributed by atoms with Gasteiger partial charge in [0.2, 0.25) is 0 Å². The minimum Gasteiger partial charge on any atom is -0.0508 e. The van der Waals surface area contributed by atoms with E-state index in [1.54, 1.807) is 0 Å². The second-order valence-corrected chi connectivity index (χ2v) is 18.5. The zero-order valence-electron chi connectivity index (χ0n) is 16.5. The molecule has 4 aromatic rings. The number of benzene rings is 4. The highest BCUT2D eigenvalue weighted by Gasteiger charge is 2.43. The van der Waals surface area contributed by atoms with Crippen molar-refractivity contribution in [2.24, 2.45) is 0 Å². The smallest absolute Gasteiger partial charge is 0.0508 e. The largest absolute Gasteiger partial charge is 0.179 e. The summed E-state index contributed by atoms with van der Waals surface area (Å²) in [5, 5.41) is 5.01. The number of rotatable bonds is 4. The van der Waals surface area contributed by atoms with E-state index in [-0.39, 0.29) is 0 Å². The van der Waals surface area contributed by atoms with Crippen molar-refractivity contribution in [2.45, 2.75) is 0 Å². The highest BCUT2D eigenvalue weighted by molar-refractivity contribution is 9.12. The molecule has 0 atom stereocenters. The summed E-state index contributed by atoms with van der Waals surface area (Å²) in [7, 11) is -2.79. The molecule has 0 aromatic heterocycles. The van der Waals surface area contributed by atoms with E-state index >= 15 is 0 Å². The summed E-state index contributed by atoms with van der Waals surface area (Å²) in [6.45, 7) is 0. The zero-order valence-corrected chi connectivity index (χ0v) is 30.1. The van der Waals surface area contributed by atoms with E-state index in [4.69, 9.17) is 0 Å². The highest BCUT2D eigenvalue weighted by Crippen LogP contribution is 2.26. The van der Waals surface area contributed by atoms with E-state index in [1.165, 1.54) is 20.7 Å². The van der Waals surface area contributed by atoms with Crippen LogP contribution in [0.1, 0.15) is 0 Å². The average molecular weight is 968 g/mol. The monoisotopic (exact) mass is 959 g/mol. The van der Waals surface area contributed by atoms with E-state index in [2.05, 4.69) is 200 Å². The molecule has 0 spiro atoms. The van der Waals surface area contributed by atoms with Gasteiger partial charge < -0.3 is 0 Å². The van der Waals surface area contributed by atoms with Gasteiger partial charge in [0.05, 0.1) is 0 Å². The molecule has 4 aromatic carbocycles. The van der Waals surface area contributed by atoms with Gasteiger partial charge in [-0.15, -0.1) is 0 Å². The minimum atomic E-state index is -2.79. The Bertz CT molecular complexity index is 1080.